The molecule has 1 aliphatic heterocycles. The fourth-order valence-electron chi connectivity index (χ4n) is 10.6. The molecule has 10 aromatic rings. The zero-order chi connectivity index (χ0) is 45.4. The molecule has 0 fully saturated rings. The Balaban J connectivity index is 1.02. The van der Waals surface area contributed by atoms with Gasteiger partial charge in [0.15, 0.2) is 5.84 Å². The highest BCUT2D eigenvalue weighted by Crippen LogP contribution is 2.47. The van der Waals surface area contributed by atoms with E-state index < -0.39 is 0 Å². The summed E-state index contributed by atoms with van der Waals surface area (Å²) in [7, 11) is 0. The van der Waals surface area contributed by atoms with Crippen molar-refractivity contribution in [2.45, 2.75) is 57.8 Å². The molecule has 0 saturated heterocycles. The van der Waals surface area contributed by atoms with Gasteiger partial charge in [0.25, 0.3) is 0 Å². The topological polar surface area (TPSA) is 37.9 Å². The molecule has 3 nitrogen and oxygen atoms in total. The van der Waals surface area contributed by atoms with Crippen LogP contribution in [-0.2, 0) is 10.8 Å². The number of aliphatic imine (C=N–C) groups is 2. The summed E-state index contributed by atoms with van der Waals surface area (Å²) < 4.78 is 20.6. The molecule has 2 aliphatic rings. The molecular formula is C63H49FN2O. The molecule has 1 aliphatic carbocycles. The lowest BCUT2D eigenvalue weighted by Crippen LogP contribution is -2.33. The predicted octanol–water partition coefficient (Wildman–Crippen LogP) is 17.1. The van der Waals surface area contributed by atoms with Crippen LogP contribution < -0.4 is 0 Å². The Hall–Kier alpha value is -7.69. The minimum absolute atomic E-state index is 0.126. The Labute approximate surface area is 390 Å². The average molecular weight is 869 g/mol. The molecule has 4 heteroatoms. The van der Waals surface area contributed by atoms with E-state index in [0.717, 1.165) is 77.7 Å². The molecule has 0 atom stereocenters. The average Bonchev–Trinajstić information content (AvgIpc) is 3.59. The van der Waals surface area contributed by atoms with E-state index in [1.165, 1.54) is 63.4 Å². The Kier molecular flexibility index (Phi) is 9.58. The lowest BCUT2D eigenvalue weighted by atomic mass is 9.63. The number of hydrogen-bond acceptors (Lipinski definition) is 3. The minimum Gasteiger partial charge on any atom is -0.455 e. The summed E-state index contributed by atoms with van der Waals surface area (Å²) in [5.74, 6) is 0.379. The number of fused-ring (bicyclic) bond motifs is 7. The molecule has 0 N–H and O–H groups in total. The van der Waals surface area contributed by atoms with E-state index in [1.54, 1.807) is 0 Å². The van der Waals surface area contributed by atoms with Crippen molar-refractivity contribution in [2.75, 3.05) is 0 Å². The molecule has 2 heterocycles. The van der Waals surface area contributed by atoms with Crippen molar-refractivity contribution < 1.29 is 8.81 Å². The van der Waals surface area contributed by atoms with Crippen LogP contribution in [0.3, 0.4) is 0 Å². The molecule has 1 aromatic heterocycles. The number of allylic oxidation sites excluding steroid dienone is 1. The first-order valence-electron chi connectivity index (χ1n) is 23.4. The summed E-state index contributed by atoms with van der Waals surface area (Å²) >= 11 is 0. The number of hydrogen-bond donors (Lipinski definition) is 0. The van der Waals surface area contributed by atoms with Gasteiger partial charge in [0.1, 0.15) is 17.0 Å². The third-order valence-corrected chi connectivity index (χ3v) is 14.5. The zero-order valence-electron chi connectivity index (χ0n) is 38.2. The van der Waals surface area contributed by atoms with Crippen LogP contribution in [0.5, 0.6) is 0 Å². The second-order valence-corrected chi connectivity index (χ2v) is 19.7. The van der Waals surface area contributed by atoms with E-state index >= 15 is 0 Å². The van der Waals surface area contributed by atoms with Gasteiger partial charge < -0.3 is 4.42 Å². The fourth-order valence-corrected chi connectivity index (χ4v) is 10.6. The molecule has 67 heavy (non-hydrogen) atoms. The van der Waals surface area contributed by atoms with Crippen LogP contribution in [-0.4, -0.2) is 11.5 Å². The highest BCUT2D eigenvalue weighted by molar-refractivity contribution is 6.24. The van der Waals surface area contributed by atoms with Gasteiger partial charge >= 0.3 is 0 Å². The van der Waals surface area contributed by atoms with Crippen molar-refractivity contribution in [1.82, 2.24) is 0 Å². The number of rotatable bonds is 6. The Morgan fingerprint density at radius 3 is 1.78 bits per heavy atom. The lowest BCUT2D eigenvalue weighted by Gasteiger charge is -2.42. The lowest BCUT2D eigenvalue weighted by molar-refractivity contribution is 0.332. The summed E-state index contributed by atoms with van der Waals surface area (Å²) in [6, 6.07) is 63.3. The first-order chi connectivity index (χ1) is 32.6. The first-order valence-corrected chi connectivity index (χ1v) is 23.4. The Morgan fingerprint density at radius 2 is 1.03 bits per heavy atom. The molecule has 0 radical (unpaired) electrons. The molecule has 0 unspecified atom stereocenters. The number of furan rings is 1. The van der Waals surface area contributed by atoms with Crippen molar-refractivity contribution >= 4 is 60.7 Å². The molecule has 0 amide bonds. The molecule has 9 aromatic carbocycles. The molecule has 0 saturated carbocycles. The van der Waals surface area contributed by atoms with E-state index in [4.69, 9.17) is 14.4 Å². The third-order valence-electron chi connectivity index (χ3n) is 14.5. The number of para-hydroxylation sites is 1. The van der Waals surface area contributed by atoms with Gasteiger partial charge in [0, 0.05) is 33.9 Å². The molecule has 12 rings (SSSR count). The molecule has 0 spiro atoms. The van der Waals surface area contributed by atoms with Crippen molar-refractivity contribution in [3.8, 4) is 33.4 Å². The second kappa shape index (κ2) is 15.7. The van der Waals surface area contributed by atoms with Gasteiger partial charge in [0.2, 0.25) is 0 Å². The third kappa shape index (κ3) is 7.19. The van der Waals surface area contributed by atoms with E-state index in [0.29, 0.717) is 12.3 Å². The number of halogens is 1. The Morgan fingerprint density at radius 1 is 0.448 bits per heavy atom. The van der Waals surface area contributed by atoms with E-state index in [-0.39, 0.29) is 16.6 Å². The van der Waals surface area contributed by atoms with Crippen LogP contribution in [0.1, 0.15) is 74.8 Å². The van der Waals surface area contributed by atoms with Gasteiger partial charge in [-0.2, -0.15) is 0 Å². The van der Waals surface area contributed by atoms with Gasteiger partial charge in [-0.15, -0.1) is 0 Å². The van der Waals surface area contributed by atoms with Crippen LogP contribution in [0.4, 0.5) is 4.39 Å². The number of benzene rings is 9. The van der Waals surface area contributed by atoms with Gasteiger partial charge in [-0.1, -0.05) is 179 Å². The SMILES string of the molecule is CC1(C)CCC(C)(C)c2cc(-c3ccc(-c4cc(C5=NC(c6ccc(-c7ccc(F)cc7)cc6)=CCC(c6cc7ccccc7c7ccccc67)=N5)cc5c4oc4ccccc45)cc3)ccc21. The van der Waals surface area contributed by atoms with Gasteiger partial charge in [-0.05, 0) is 126 Å². The van der Waals surface area contributed by atoms with E-state index in [2.05, 4.69) is 179 Å². The van der Waals surface area contributed by atoms with Gasteiger partial charge in [0.05, 0.1) is 11.4 Å². The normalized spacial score (nSPS) is 15.6. The molecule has 0 bridgehead atoms. The van der Waals surface area contributed by atoms with Gasteiger partial charge in [-0.25, -0.2) is 14.4 Å². The monoisotopic (exact) mass is 868 g/mol. The second-order valence-electron chi connectivity index (χ2n) is 19.7. The summed E-state index contributed by atoms with van der Waals surface area (Å²) in [4.78, 5) is 11.1. The van der Waals surface area contributed by atoms with Gasteiger partial charge in [-0.3, -0.25) is 0 Å². The van der Waals surface area contributed by atoms with Crippen molar-refractivity contribution in [3.63, 3.8) is 0 Å². The predicted molar refractivity (Wildman–Crippen MR) is 279 cm³/mol. The smallest absolute Gasteiger partial charge is 0.160 e. The molecule has 324 valence electrons. The standard InChI is InChI=1S/C63H49FN2O/c1-62(2)33-34-63(3,4)56-38-44(27-30-55(56)62)41-17-21-42(22-18-41)52-36-46(37-54-51-15-9-10-16-59(51)67-60(52)54)61-65-57(43-23-19-39(20-24-43)40-25-28-47(64)29-26-40)31-32-58(66-61)53-35-45-11-5-6-12-48(45)49-13-7-8-14-50(49)53/h5-31,35-38H,32-34H2,1-4H3. The number of nitrogens with zero attached hydrogens (tertiary/aromatic N) is 2. The molecular weight excluding hydrogens is 820 g/mol. The summed E-state index contributed by atoms with van der Waals surface area (Å²) in [6.45, 7) is 9.54. The summed E-state index contributed by atoms with van der Waals surface area (Å²) in [5, 5.41) is 6.80. The highest BCUT2D eigenvalue weighted by atomic mass is 19.1. The maximum atomic E-state index is 13.8. The highest BCUT2D eigenvalue weighted by Gasteiger charge is 2.37. The van der Waals surface area contributed by atoms with Crippen molar-refractivity contribution in [1.29, 1.82) is 0 Å². The summed E-state index contributed by atoms with van der Waals surface area (Å²) in [6.07, 6.45) is 5.15. The quantitative estimate of drug-likeness (QED) is 0.153. The van der Waals surface area contributed by atoms with Crippen molar-refractivity contribution in [3.05, 3.63) is 222 Å². The van der Waals surface area contributed by atoms with Crippen LogP contribution in [0, 0.1) is 5.82 Å². The largest absolute Gasteiger partial charge is 0.455 e. The number of amidine groups is 1. The van der Waals surface area contributed by atoms with Crippen LogP contribution in [0.15, 0.2) is 202 Å². The zero-order valence-corrected chi connectivity index (χ0v) is 38.2. The van der Waals surface area contributed by atoms with E-state index in [1.807, 2.05) is 24.3 Å². The fraction of sp³-hybridized carbons (Fsp3) is 0.143. The first kappa shape index (κ1) is 40.8. The summed E-state index contributed by atoms with van der Waals surface area (Å²) in [5.41, 5.74) is 16.1. The maximum Gasteiger partial charge on any atom is 0.160 e. The van der Waals surface area contributed by atoms with Crippen LogP contribution in [0.2, 0.25) is 0 Å². The minimum atomic E-state index is -0.249. The van der Waals surface area contributed by atoms with E-state index in [9.17, 15) is 4.39 Å². The maximum absolute atomic E-state index is 13.8. The van der Waals surface area contributed by atoms with Crippen LogP contribution >= 0.6 is 0 Å². The van der Waals surface area contributed by atoms with Crippen molar-refractivity contribution in [2.24, 2.45) is 9.98 Å². The van der Waals surface area contributed by atoms with Crippen LogP contribution in [0.25, 0.3) is 82.6 Å². The Bertz CT molecular complexity index is 3700.